The molecule has 1 amide bonds. The zero-order valence-electron chi connectivity index (χ0n) is 14.8. The molecule has 0 saturated carbocycles. The van der Waals surface area contributed by atoms with Crippen molar-refractivity contribution in [3.05, 3.63) is 22.3 Å². The summed E-state index contributed by atoms with van der Waals surface area (Å²) in [6.07, 6.45) is -2.03. The van der Waals surface area contributed by atoms with E-state index >= 15 is 0 Å². The van der Waals surface area contributed by atoms with E-state index in [-0.39, 0.29) is 22.4 Å². The van der Waals surface area contributed by atoms with Crippen LogP contribution in [0.25, 0.3) is 0 Å². The van der Waals surface area contributed by atoms with Crippen LogP contribution in [0.1, 0.15) is 39.2 Å². The Hall–Kier alpha value is -1.51. The van der Waals surface area contributed by atoms with Crippen LogP contribution in [0.3, 0.4) is 0 Å². The molecular weight excluding hydrogens is 415 g/mol. The number of hydrogen-bond acceptors (Lipinski definition) is 4. The number of fused-ring (bicyclic) bond motifs is 2. The van der Waals surface area contributed by atoms with E-state index in [4.69, 9.17) is 4.74 Å². The normalized spacial score (nSPS) is 23.3. The van der Waals surface area contributed by atoms with Crippen LogP contribution >= 0.6 is 15.9 Å². The Bertz CT molecular complexity index is 691. The second-order valence-electron chi connectivity index (χ2n) is 7.70. The maximum Gasteiger partial charge on any atom is 0.419 e. The summed E-state index contributed by atoms with van der Waals surface area (Å²) >= 11 is 3.05. The van der Waals surface area contributed by atoms with Gasteiger partial charge in [-0.15, -0.1) is 0 Å². The van der Waals surface area contributed by atoms with Crippen molar-refractivity contribution in [2.45, 2.75) is 57.5 Å². The zero-order valence-corrected chi connectivity index (χ0v) is 16.4. The van der Waals surface area contributed by atoms with Crippen LogP contribution < -0.4 is 4.90 Å². The Balaban J connectivity index is 1.83. The predicted molar refractivity (Wildman–Crippen MR) is 94.0 cm³/mol. The molecule has 2 aliphatic rings. The fourth-order valence-corrected chi connectivity index (χ4v) is 3.91. The highest BCUT2D eigenvalue weighted by Gasteiger charge is 2.46. The number of carbonyl (C=O) groups is 1. The standard InChI is InChI=1S/C17H21BrF3N3O2/c1-16(2,3)26-15(25)24-11-4-5-12(24)9-23(8-11)14-13(17(19,20)21)6-10(18)7-22-14/h6-7,11-12H,4-5,8-9H2,1-3H3. The van der Waals surface area contributed by atoms with Crippen molar-refractivity contribution >= 4 is 27.8 Å². The highest BCUT2D eigenvalue weighted by molar-refractivity contribution is 9.10. The van der Waals surface area contributed by atoms with Crippen LogP contribution in [0.2, 0.25) is 0 Å². The molecule has 26 heavy (non-hydrogen) atoms. The Labute approximate surface area is 158 Å². The molecule has 1 aromatic heterocycles. The summed E-state index contributed by atoms with van der Waals surface area (Å²) in [5.41, 5.74) is -1.37. The van der Waals surface area contributed by atoms with Gasteiger partial charge in [-0.1, -0.05) is 0 Å². The van der Waals surface area contributed by atoms with E-state index in [9.17, 15) is 18.0 Å². The fourth-order valence-electron chi connectivity index (χ4n) is 3.58. The molecule has 0 N–H and O–H groups in total. The third kappa shape index (κ3) is 3.92. The molecule has 2 unspecified atom stereocenters. The number of alkyl halides is 3. The third-order valence-electron chi connectivity index (χ3n) is 4.52. The monoisotopic (exact) mass is 435 g/mol. The molecule has 0 spiro atoms. The SMILES string of the molecule is CC(C)(C)OC(=O)N1C2CCC1CN(c1ncc(Br)cc1C(F)(F)F)C2. The first-order chi connectivity index (χ1) is 12.0. The maximum atomic E-state index is 13.4. The van der Waals surface area contributed by atoms with Crippen molar-refractivity contribution in [3.63, 3.8) is 0 Å². The van der Waals surface area contributed by atoms with Crippen molar-refractivity contribution in [2.24, 2.45) is 0 Å². The van der Waals surface area contributed by atoms with Crippen LogP contribution in [0.15, 0.2) is 16.7 Å². The number of ether oxygens (including phenoxy) is 1. The van der Waals surface area contributed by atoms with Gasteiger partial charge in [0, 0.05) is 23.8 Å². The molecule has 5 nitrogen and oxygen atoms in total. The largest absolute Gasteiger partial charge is 0.444 e. The molecule has 144 valence electrons. The lowest BCUT2D eigenvalue weighted by Gasteiger charge is -2.42. The maximum absolute atomic E-state index is 13.4. The Morgan fingerprint density at radius 3 is 2.31 bits per heavy atom. The van der Waals surface area contributed by atoms with Crippen LogP contribution in [-0.4, -0.2) is 46.8 Å². The Kier molecular flexibility index (Phi) is 4.87. The number of nitrogens with zero attached hydrogens (tertiary/aromatic N) is 3. The van der Waals surface area contributed by atoms with Crippen LogP contribution in [0.5, 0.6) is 0 Å². The smallest absolute Gasteiger partial charge is 0.419 e. The quantitative estimate of drug-likeness (QED) is 0.653. The number of halogens is 4. The van der Waals surface area contributed by atoms with Gasteiger partial charge in [0.25, 0.3) is 0 Å². The van der Waals surface area contributed by atoms with Gasteiger partial charge in [0.15, 0.2) is 0 Å². The number of aromatic nitrogens is 1. The van der Waals surface area contributed by atoms with E-state index in [2.05, 4.69) is 20.9 Å². The average Bonchev–Trinajstić information content (AvgIpc) is 2.75. The third-order valence-corrected chi connectivity index (χ3v) is 4.96. The molecule has 9 heteroatoms. The van der Waals surface area contributed by atoms with E-state index in [0.717, 1.165) is 18.9 Å². The summed E-state index contributed by atoms with van der Waals surface area (Å²) in [4.78, 5) is 19.8. The number of rotatable bonds is 1. The Morgan fingerprint density at radius 1 is 1.23 bits per heavy atom. The highest BCUT2D eigenvalue weighted by atomic mass is 79.9. The molecule has 2 aliphatic heterocycles. The molecule has 0 aliphatic carbocycles. The van der Waals surface area contributed by atoms with E-state index in [0.29, 0.717) is 13.1 Å². The molecule has 2 bridgehead atoms. The topological polar surface area (TPSA) is 45.7 Å². The van der Waals surface area contributed by atoms with E-state index in [1.165, 1.54) is 6.20 Å². The lowest BCUT2D eigenvalue weighted by Crippen LogP contribution is -2.57. The highest BCUT2D eigenvalue weighted by Crippen LogP contribution is 2.40. The van der Waals surface area contributed by atoms with Crippen molar-refractivity contribution in [1.82, 2.24) is 9.88 Å². The fraction of sp³-hybridized carbons (Fsp3) is 0.647. The lowest BCUT2D eigenvalue weighted by molar-refractivity contribution is -0.137. The molecule has 1 aromatic rings. The minimum atomic E-state index is -4.49. The van der Waals surface area contributed by atoms with E-state index in [1.807, 2.05) is 0 Å². The molecule has 2 fully saturated rings. The molecule has 3 heterocycles. The van der Waals surface area contributed by atoms with Crippen LogP contribution in [0.4, 0.5) is 23.8 Å². The molecule has 2 saturated heterocycles. The van der Waals surface area contributed by atoms with Crippen molar-refractivity contribution in [1.29, 1.82) is 0 Å². The second-order valence-corrected chi connectivity index (χ2v) is 8.62. The number of anilines is 1. The van der Waals surface area contributed by atoms with Gasteiger partial charge in [-0.3, -0.25) is 4.90 Å². The van der Waals surface area contributed by atoms with Crippen LogP contribution in [-0.2, 0) is 10.9 Å². The van der Waals surface area contributed by atoms with Gasteiger partial charge in [0.2, 0.25) is 0 Å². The van der Waals surface area contributed by atoms with Gasteiger partial charge in [0.1, 0.15) is 11.4 Å². The number of carbonyl (C=O) groups excluding carboxylic acids is 1. The number of pyridine rings is 1. The molecule has 0 aromatic carbocycles. The minimum Gasteiger partial charge on any atom is -0.444 e. The predicted octanol–water partition coefficient (Wildman–Crippen LogP) is 4.45. The molecular formula is C17H21BrF3N3O2. The van der Waals surface area contributed by atoms with Crippen molar-refractivity contribution in [3.8, 4) is 0 Å². The Morgan fingerprint density at radius 2 is 1.81 bits per heavy atom. The average molecular weight is 436 g/mol. The van der Waals surface area contributed by atoms with Crippen LogP contribution in [0, 0.1) is 0 Å². The first-order valence-corrected chi connectivity index (χ1v) is 9.24. The summed E-state index contributed by atoms with van der Waals surface area (Å²) in [6.45, 7) is 6.01. The molecule has 3 rings (SSSR count). The van der Waals surface area contributed by atoms with E-state index in [1.54, 1.807) is 30.6 Å². The minimum absolute atomic E-state index is 0.0820. The van der Waals surface area contributed by atoms with Crippen molar-refractivity contribution < 1.29 is 22.7 Å². The van der Waals surface area contributed by atoms with Gasteiger partial charge in [-0.05, 0) is 55.6 Å². The van der Waals surface area contributed by atoms with Gasteiger partial charge < -0.3 is 9.64 Å². The second kappa shape index (κ2) is 6.58. The van der Waals surface area contributed by atoms with Gasteiger partial charge in [0.05, 0.1) is 17.6 Å². The van der Waals surface area contributed by atoms with Gasteiger partial charge in [-0.25, -0.2) is 9.78 Å². The summed E-state index contributed by atoms with van der Waals surface area (Å²) in [7, 11) is 0. The van der Waals surface area contributed by atoms with Gasteiger partial charge in [-0.2, -0.15) is 13.2 Å². The summed E-state index contributed by atoms with van der Waals surface area (Å²) in [5, 5.41) is 0. The van der Waals surface area contributed by atoms with E-state index < -0.39 is 23.4 Å². The molecule has 2 atom stereocenters. The number of piperazine rings is 1. The lowest BCUT2D eigenvalue weighted by atomic mass is 10.1. The summed E-state index contributed by atoms with van der Waals surface area (Å²) in [6, 6.07) is 0.704. The first kappa shape index (κ1) is 19.3. The molecule has 0 radical (unpaired) electrons. The summed E-state index contributed by atoms with van der Waals surface area (Å²) in [5.74, 6) is -0.0820. The number of hydrogen-bond donors (Lipinski definition) is 0. The van der Waals surface area contributed by atoms with Gasteiger partial charge >= 0.3 is 12.3 Å². The summed E-state index contributed by atoms with van der Waals surface area (Å²) < 4.78 is 46.0. The number of amides is 1. The first-order valence-electron chi connectivity index (χ1n) is 8.45. The van der Waals surface area contributed by atoms with Crippen molar-refractivity contribution in [2.75, 3.05) is 18.0 Å². The zero-order chi connectivity index (χ0) is 19.3.